The fourth-order valence-electron chi connectivity index (χ4n) is 4.90. The molecule has 1 aliphatic heterocycles. The molecule has 0 spiro atoms. The van der Waals surface area contributed by atoms with E-state index in [1.807, 2.05) is 0 Å². The van der Waals surface area contributed by atoms with Gasteiger partial charge in [-0.15, -0.1) is 0 Å². The fraction of sp³-hybridized carbons (Fsp3) is 0.344. The molecule has 5 amide bonds. The molecule has 0 saturated heterocycles. The summed E-state index contributed by atoms with van der Waals surface area (Å²) in [5.74, 6) is -1.00. The van der Waals surface area contributed by atoms with Crippen molar-refractivity contribution in [2.24, 2.45) is 5.92 Å². The number of anilines is 3. The lowest BCUT2D eigenvalue weighted by molar-refractivity contribution is -0.138. The van der Waals surface area contributed by atoms with Gasteiger partial charge in [0.05, 0.1) is 41.6 Å². The number of para-hydroxylation sites is 1. The van der Waals surface area contributed by atoms with Gasteiger partial charge in [-0.2, -0.15) is 26.3 Å². The lowest BCUT2D eigenvalue weighted by Crippen LogP contribution is -2.50. The summed E-state index contributed by atoms with van der Waals surface area (Å²) in [5, 5.41) is 17.4. The second-order valence-electron chi connectivity index (χ2n) is 11.3. The van der Waals surface area contributed by atoms with Crippen molar-refractivity contribution in [3.8, 4) is 5.75 Å². The molecule has 10 nitrogen and oxygen atoms in total. The summed E-state index contributed by atoms with van der Waals surface area (Å²) in [5.41, 5.74) is -1.51. The SMILES string of the molecule is C[C@H](CO)N1C[C@H](C)[C@H](CN(C)C(=O)Nc2ccc(C(F)(F)F)cc2)Oc2c(NC(=O)Nc3ccc(C(F)(F)F)cc3)cccc2C1=O. The number of carbonyl (C=O) groups excluding carboxylic acids is 3. The van der Waals surface area contributed by atoms with Gasteiger partial charge in [0.2, 0.25) is 0 Å². The summed E-state index contributed by atoms with van der Waals surface area (Å²) in [6.45, 7) is 3.09. The number of carbonyl (C=O) groups is 3. The van der Waals surface area contributed by atoms with Crippen LogP contribution in [0.4, 0.5) is 53.0 Å². The van der Waals surface area contributed by atoms with Crippen LogP contribution in [0.15, 0.2) is 66.7 Å². The number of ether oxygens (including phenoxy) is 1. The van der Waals surface area contributed by atoms with Crippen LogP contribution in [0.5, 0.6) is 5.75 Å². The highest BCUT2D eigenvalue weighted by Gasteiger charge is 2.36. The van der Waals surface area contributed by atoms with Gasteiger partial charge in [0.1, 0.15) is 6.10 Å². The van der Waals surface area contributed by atoms with E-state index in [1.54, 1.807) is 13.8 Å². The molecule has 4 rings (SSSR count). The number of amides is 5. The third-order valence-corrected chi connectivity index (χ3v) is 7.67. The highest BCUT2D eigenvalue weighted by molar-refractivity contribution is 6.04. The van der Waals surface area contributed by atoms with Crippen molar-refractivity contribution in [2.45, 2.75) is 38.3 Å². The number of nitrogens with zero attached hydrogens (tertiary/aromatic N) is 2. The van der Waals surface area contributed by atoms with Crippen molar-refractivity contribution in [3.63, 3.8) is 0 Å². The third kappa shape index (κ3) is 8.67. The minimum atomic E-state index is -4.56. The van der Waals surface area contributed by atoms with Crippen LogP contribution in [-0.2, 0) is 12.4 Å². The van der Waals surface area contributed by atoms with E-state index in [2.05, 4.69) is 16.0 Å². The number of aliphatic hydroxyl groups excluding tert-OH is 1. The average Bonchev–Trinajstić information content (AvgIpc) is 3.02. The maximum Gasteiger partial charge on any atom is 0.416 e. The molecule has 0 saturated carbocycles. The van der Waals surface area contributed by atoms with E-state index in [0.717, 1.165) is 48.5 Å². The number of nitrogens with one attached hydrogen (secondary N) is 3. The predicted octanol–water partition coefficient (Wildman–Crippen LogP) is 6.75. The molecule has 1 aliphatic rings. The molecule has 3 aromatic carbocycles. The highest BCUT2D eigenvalue weighted by atomic mass is 19.4. The van der Waals surface area contributed by atoms with Crippen LogP contribution in [0, 0.1) is 5.92 Å². The van der Waals surface area contributed by atoms with E-state index in [4.69, 9.17) is 4.74 Å². The molecule has 1 heterocycles. The van der Waals surface area contributed by atoms with Crippen LogP contribution in [-0.4, -0.2) is 71.8 Å². The van der Waals surface area contributed by atoms with Crippen molar-refractivity contribution >= 4 is 35.0 Å². The van der Waals surface area contributed by atoms with Gasteiger partial charge in [0.25, 0.3) is 5.91 Å². The largest absolute Gasteiger partial charge is 0.485 e. The Bertz CT molecular complexity index is 1620. The standard InChI is InChI=1S/C32H33F6N5O5/c1-18-15-43(19(2)17-44)28(45)24-5-4-6-25(41-29(46)39-22-11-7-20(8-12-22)31(33,34)35)27(24)48-26(18)16-42(3)30(47)40-23-13-9-21(10-14-23)32(36,37)38/h4-14,18-19,26,44H,15-17H2,1-3H3,(H,40,47)(H2,39,41,46)/t18-,19+,26-/m0/s1. The van der Waals surface area contributed by atoms with Crippen LogP contribution in [0.1, 0.15) is 35.3 Å². The molecule has 0 aromatic heterocycles. The van der Waals surface area contributed by atoms with Gasteiger partial charge in [-0.25, -0.2) is 9.59 Å². The zero-order valence-electron chi connectivity index (χ0n) is 25.9. The molecule has 0 aliphatic carbocycles. The predicted molar refractivity (Wildman–Crippen MR) is 165 cm³/mol. The fourth-order valence-corrected chi connectivity index (χ4v) is 4.90. The Morgan fingerprint density at radius 2 is 1.46 bits per heavy atom. The van der Waals surface area contributed by atoms with Gasteiger partial charge in [-0.05, 0) is 67.6 Å². The summed E-state index contributed by atoms with van der Waals surface area (Å²) in [4.78, 5) is 42.3. The Kier molecular flexibility index (Phi) is 10.8. The number of benzene rings is 3. The van der Waals surface area contributed by atoms with Crippen LogP contribution in [0.2, 0.25) is 0 Å². The minimum absolute atomic E-state index is 0.0383. The zero-order valence-corrected chi connectivity index (χ0v) is 25.9. The molecule has 258 valence electrons. The van der Waals surface area contributed by atoms with Crippen molar-refractivity contribution < 1.29 is 50.6 Å². The summed E-state index contributed by atoms with van der Waals surface area (Å²) in [6, 6.07) is 9.95. The van der Waals surface area contributed by atoms with E-state index in [1.165, 1.54) is 35.0 Å². The van der Waals surface area contributed by atoms with Gasteiger partial charge in [-0.1, -0.05) is 13.0 Å². The summed E-state index contributed by atoms with van der Waals surface area (Å²) < 4.78 is 83.9. The summed E-state index contributed by atoms with van der Waals surface area (Å²) in [7, 11) is 1.44. The van der Waals surface area contributed by atoms with E-state index >= 15 is 0 Å². The Hall–Kier alpha value is -4.99. The molecule has 3 atom stereocenters. The highest BCUT2D eigenvalue weighted by Crippen LogP contribution is 2.36. The molecule has 4 N–H and O–H groups in total. The Balaban J connectivity index is 1.57. The lowest BCUT2D eigenvalue weighted by atomic mass is 9.99. The molecule has 48 heavy (non-hydrogen) atoms. The number of alkyl halides is 6. The molecule has 3 aromatic rings. The topological polar surface area (TPSA) is 123 Å². The van der Waals surface area contributed by atoms with Crippen LogP contribution < -0.4 is 20.7 Å². The van der Waals surface area contributed by atoms with Crippen LogP contribution >= 0.6 is 0 Å². The first-order valence-corrected chi connectivity index (χ1v) is 14.6. The first-order chi connectivity index (χ1) is 22.5. The second-order valence-corrected chi connectivity index (χ2v) is 11.3. The molecule has 0 radical (unpaired) electrons. The average molecular weight is 682 g/mol. The maximum atomic E-state index is 13.7. The normalized spacial score (nSPS) is 17.3. The quantitative estimate of drug-likeness (QED) is 0.206. The number of halogens is 6. The number of hydrogen-bond acceptors (Lipinski definition) is 5. The van der Waals surface area contributed by atoms with Crippen molar-refractivity contribution in [1.82, 2.24) is 9.80 Å². The number of hydrogen-bond donors (Lipinski definition) is 4. The molecular formula is C32H33F6N5O5. The zero-order chi connectivity index (χ0) is 35.4. The molecule has 0 bridgehead atoms. The maximum absolute atomic E-state index is 13.7. The van der Waals surface area contributed by atoms with Crippen LogP contribution in [0.25, 0.3) is 0 Å². The van der Waals surface area contributed by atoms with Gasteiger partial charge in [-0.3, -0.25) is 4.79 Å². The van der Waals surface area contributed by atoms with Crippen LogP contribution in [0.3, 0.4) is 0 Å². The van der Waals surface area contributed by atoms with Crippen molar-refractivity contribution in [2.75, 3.05) is 42.7 Å². The van der Waals surface area contributed by atoms with Gasteiger partial charge in [0.15, 0.2) is 5.75 Å². The summed E-state index contributed by atoms with van der Waals surface area (Å²) >= 11 is 0. The molecular weight excluding hydrogens is 648 g/mol. The molecule has 16 heteroatoms. The minimum Gasteiger partial charge on any atom is -0.485 e. The monoisotopic (exact) mass is 681 g/mol. The second kappa shape index (κ2) is 14.4. The number of rotatable bonds is 7. The number of aliphatic hydroxyl groups is 1. The van der Waals surface area contributed by atoms with Gasteiger partial charge < -0.3 is 35.6 Å². The van der Waals surface area contributed by atoms with Crippen molar-refractivity contribution in [3.05, 3.63) is 83.4 Å². The molecule has 0 fully saturated rings. The number of fused-ring (bicyclic) bond motifs is 1. The van der Waals surface area contributed by atoms with E-state index in [9.17, 15) is 45.8 Å². The molecule has 0 unspecified atom stereocenters. The summed E-state index contributed by atoms with van der Waals surface area (Å²) in [6.07, 6.45) is -9.91. The Morgan fingerprint density at radius 3 is 1.98 bits per heavy atom. The first kappa shape index (κ1) is 35.9. The number of urea groups is 2. The van der Waals surface area contributed by atoms with E-state index in [0.29, 0.717) is 0 Å². The van der Waals surface area contributed by atoms with Gasteiger partial charge >= 0.3 is 24.4 Å². The van der Waals surface area contributed by atoms with E-state index < -0.39 is 59.5 Å². The Labute approximate surface area is 271 Å². The number of likely N-dealkylation sites (N-methyl/N-ethyl adjacent to an activating group) is 1. The lowest BCUT2D eigenvalue weighted by Gasteiger charge is -2.38. The van der Waals surface area contributed by atoms with Crippen molar-refractivity contribution in [1.29, 1.82) is 0 Å². The van der Waals surface area contributed by atoms with E-state index in [-0.39, 0.29) is 48.1 Å². The smallest absolute Gasteiger partial charge is 0.416 e. The first-order valence-electron chi connectivity index (χ1n) is 14.6. The third-order valence-electron chi connectivity index (χ3n) is 7.67. The van der Waals surface area contributed by atoms with Gasteiger partial charge in [0, 0.05) is 30.9 Å². The Morgan fingerprint density at radius 1 is 0.917 bits per heavy atom.